The van der Waals surface area contributed by atoms with E-state index >= 15 is 0 Å². The SMILES string of the molecule is COc1ccc(CCNCC(O)COc2ccc(N/N=C/c3ccccc3)nn2)cc1OC.Cl.Cl. The first-order valence-electron chi connectivity index (χ1n) is 10.6. The minimum Gasteiger partial charge on any atom is -0.493 e. The zero-order chi connectivity index (χ0) is 23.3. The van der Waals surface area contributed by atoms with Crippen LogP contribution in [0, 0.1) is 0 Å². The van der Waals surface area contributed by atoms with E-state index in [1.54, 1.807) is 32.6 Å². The summed E-state index contributed by atoms with van der Waals surface area (Å²) >= 11 is 0. The lowest BCUT2D eigenvalue weighted by molar-refractivity contribution is 0.103. The summed E-state index contributed by atoms with van der Waals surface area (Å²) in [5.74, 6) is 2.23. The number of aliphatic hydroxyl groups excluding tert-OH is 1. The number of rotatable bonds is 13. The van der Waals surface area contributed by atoms with Crippen LogP contribution < -0.4 is 25.0 Å². The third kappa shape index (κ3) is 10.4. The molecule has 11 heteroatoms. The molecule has 1 unspecified atom stereocenters. The molecule has 1 aromatic heterocycles. The van der Waals surface area contributed by atoms with Crippen LogP contribution in [-0.4, -0.2) is 61.5 Å². The first-order chi connectivity index (χ1) is 16.2. The van der Waals surface area contributed by atoms with Crippen molar-refractivity contribution in [3.63, 3.8) is 0 Å². The minimum absolute atomic E-state index is 0. The van der Waals surface area contributed by atoms with Crippen molar-refractivity contribution in [1.29, 1.82) is 0 Å². The Hall–Kier alpha value is -3.11. The molecular formula is C24H31Cl2N5O4. The normalized spacial score (nSPS) is 11.2. The highest BCUT2D eigenvalue weighted by atomic mass is 35.5. The van der Waals surface area contributed by atoms with Gasteiger partial charge in [-0.25, -0.2) is 0 Å². The topological polar surface area (TPSA) is 110 Å². The zero-order valence-corrected chi connectivity index (χ0v) is 21.2. The second-order valence-corrected chi connectivity index (χ2v) is 7.15. The number of ether oxygens (including phenoxy) is 3. The lowest BCUT2D eigenvalue weighted by Crippen LogP contribution is -2.32. The van der Waals surface area contributed by atoms with Crippen LogP contribution in [0.3, 0.4) is 0 Å². The standard InChI is InChI=1S/C24H29N5O4.2ClH/c1-31-21-9-8-18(14-22(21)32-2)12-13-25-16-20(30)17-33-24-11-10-23(28-29-24)27-26-15-19-6-4-3-5-7-19;;/h3-11,14-15,20,25,30H,12-13,16-17H2,1-2H3,(H,27,28);2*1H/b26-15+;;. The number of hydrazone groups is 1. The van der Waals surface area contributed by atoms with Gasteiger partial charge in [0, 0.05) is 12.6 Å². The highest BCUT2D eigenvalue weighted by Crippen LogP contribution is 2.27. The highest BCUT2D eigenvalue weighted by Gasteiger charge is 2.07. The summed E-state index contributed by atoms with van der Waals surface area (Å²) < 4.78 is 16.1. The Bertz CT molecular complexity index is 1010. The molecule has 0 amide bonds. The number of hydrogen-bond acceptors (Lipinski definition) is 9. The number of nitrogens with one attached hydrogen (secondary N) is 2. The molecule has 0 fully saturated rings. The lowest BCUT2D eigenvalue weighted by Gasteiger charge is -2.13. The third-order valence-electron chi connectivity index (χ3n) is 4.67. The molecule has 1 heterocycles. The molecule has 0 aliphatic carbocycles. The third-order valence-corrected chi connectivity index (χ3v) is 4.67. The van der Waals surface area contributed by atoms with E-state index in [2.05, 4.69) is 26.0 Å². The van der Waals surface area contributed by atoms with Crippen LogP contribution in [0.4, 0.5) is 5.82 Å². The number of hydrogen-bond donors (Lipinski definition) is 3. The van der Waals surface area contributed by atoms with Crippen LogP contribution in [0.2, 0.25) is 0 Å². The Morgan fingerprint density at radius 1 is 0.971 bits per heavy atom. The number of nitrogens with zero attached hydrogens (tertiary/aromatic N) is 3. The number of benzene rings is 2. The van der Waals surface area contributed by atoms with Crippen molar-refractivity contribution >= 4 is 36.8 Å². The average Bonchev–Trinajstić information content (AvgIpc) is 2.86. The fraction of sp³-hybridized carbons (Fsp3) is 0.292. The Labute approximate surface area is 217 Å². The Balaban J connectivity index is 0.00000306. The summed E-state index contributed by atoms with van der Waals surface area (Å²) in [5, 5.41) is 25.5. The molecule has 0 aliphatic heterocycles. The van der Waals surface area contributed by atoms with Gasteiger partial charge in [-0.15, -0.1) is 35.0 Å². The van der Waals surface area contributed by atoms with Crippen molar-refractivity contribution in [1.82, 2.24) is 15.5 Å². The zero-order valence-electron chi connectivity index (χ0n) is 19.6. The van der Waals surface area contributed by atoms with Gasteiger partial charge in [-0.05, 0) is 42.3 Å². The van der Waals surface area contributed by atoms with E-state index in [-0.39, 0.29) is 31.4 Å². The molecule has 0 spiro atoms. The molecule has 2 aromatic carbocycles. The predicted molar refractivity (Wildman–Crippen MR) is 142 cm³/mol. The fourth-order valence-corrected chi connectivity index (χ4v) is 2.95. The van der Waals surface area contributed by atoms with E-state index in [1.807, 2.05) is 48.5 Å². The molecule has 3 aromatic rings. The molecule has 0 bridgehead atoms. The van der Waals surface area contributed by atoms with Gasteiger partial charge in [-0.1, -0.05) is 36.4 Å². The Morgan fingerprint density at radius 2 is 1.74 bits per heavy atom. The van der Waals surface area contributed by atoms with Crippen LogP contribution in [0.5, 0.6) is 17.4 Å². The van der Waals surface area contributed by atoms with E-state index in [1.165, 1.54) is 0 Å². The van der Waals surface area contributed by atoms with Crippen molar-refractivity contribution in [3.05, 3.63) is 71.8 Å². The molecule has 3 N–H and O–H groups in total. The monoisotopic (exact) mass is 523 g/mol. The number of aromatic nitrogens is 2. The molecular weight excluding hydrogens is 493 g/mol. The summed E-state index contributed by atoms with van der Waals surface area (Å²) in [7, 11) is 3.23. The quantitative estimate of drug-likeness (QED) is 0.178. The molecule has 0 saturated heterocycles. The largest absolute Gasteiger partial charge is 0.493 e. The number of halogens is 2. The van der Waals surface area contributed by atoms with Crippen molar-refractivity contribution in [2.75, 3.05) is 39.3 Å². The van der Waals surface area contributed by atoms with Gasteiger partial charge in [-0.2, -0.15) is 5.10 Å². The number of anilines is 1. The van der Waals surface area contributed by atoms with Crippen LogP contribution in [-0.2, 0) is 6.42 Å². The molecule has 1 atom stereocenters. The van der Waals surface area contributed by atoms with Crippen molar-refractivity contribution in [3.8, 4) is 17.4 Å². The Kier molecular flexibility index (Phi) is 14.1. The van der Waals surface area contributed by atoms with Gasteiger partial charge in [0.15, 0.2) is 17.3 Å². The summed E-state index contributed by atoms with van der Waals surface area (Å²) in [6, 6.07) is 18.9. The number of methoxy groups -OCH3 is 2. The molecule has 3 rings (SSSR count). The van der Waals surface area contributed by atoms with E-state index in [0.29, 0.717) is 36.3 Å². The van der Waals surface area contributed by atoms with Crippen LogP contribution in [0.15, 0.2) is 65.8 Å². The first-order valence-corrected chi connectivity index (χ1v) is 10.6. The van der Waals surface area contributed by atoms with Gasteiger partial charge in [0.1, 0.15) is 12.7 Å². The van der Waals surface area contributed by atoms with E-state index in [4.69, 9.17) is 14.2 Å². The molecule has 35 heavy (non-hydrogen) atoms. The van der Waals surface area contributed by atoms with Gasteiger partial charge in [0.2, 0.25) is 5.88 Å². The van der Waals surface area contributed by atoms with Gasteiger partial charge >= 0.3 is 0 Å². The van der Waals surface area contributed by atoms with Gasteiger partial charge in [-0.3, -0.25) is 5.43 Å². The lowest BCUT2D eigenvalue weighted by atomic mass is 10.1. The van der Waals surface area contributed by atoms with Crippen LogP contribution in [0.1, 0.15) is 11.1 Å². The minimum atomic E-state index is -0.675. The van der Waals surface area contributed by atoms with E-state index < -0.39 is 6.10 Å². The second-order valence-electron chi connectivity index (χ2n) is 7.15. The Morgan fingerprint density at radius 3 is 2.43 bits per heavy atom. The summed E-state index contributed by atoms with van der Waals surface area (Å²) in [4.78, 5) is 0. The average molecular weight is 524 g/mol. The molecule has 9 nitrogen and oxygen atoms in total. The van der Waals surface area contributed by atoms with Crippen molar-refractivity contribution < 1.29 is 19.3 Å². The molecule has 0 aliphatic rings. The van der Waals surface area contributed by atoms with Crippen LogP contribution in [0.25, 0.3) is 0 Å². The van der Waals surface area contributed by atoms with E-state index in [0.717, 1.165) is 17.5 Å². The van der Waals surface area contributed by atoms with E-state index in [9.17, 15) is 5.11 Å². The van der Waals surface area contributed by atoms with Crippen molar-refractivity contribution in [2.45, 2.75) is 12.5 Å². The van der Waals surface area contributed by atoms with Gasteiger partial charge in [0.25, 0.3) is 0 Å². The molecule has 0 radical (unpaired) electrons. The van der Waals surface area contributed by atoms with Crippen LogP contribution >= 0.6 is 24.8 Å². The molecule has 190 valence electrons. The number of aliphatic hydroxyl groups is 1. The van der Waals surface area contributed by atoms with Crippen molar-refractivity contribution in [2.24, 2.45) is 5.10 Å². The summed E-state index contributed by atoms with van der Waals surface area (Å²) in [6.45, 7) is 1.21. The first kappa shape index (κ1) is 29.9. The fourth-order valence-electron chi connectivity index (χ4n) is 2.95. The predicted octanol–water partition coefficient (Wildman–Crippen LogP) is 3.36. The summed E-state index contributed by atoms with van der Waals surface area (Å²) in [5.41, 5.74) is 4.90. The summed E-state index contributed by atoms with van der Waals surface area (Å²) in [6.07, 6.45) is 1.81. The van der Waals surface area contributed by atoms with Gasteiger partial charge in [0.05, 0.1) is 20.4 Å². The smallest absolute Gasteiger partial charge is 0.233 e. The maximum atomic E-state index is 10.1. The maximum Gasteiger partial charge on any atom is 0.233 e. The maximum absolute atomic E-state index is 10.1. The van der Waals surface area contributed by atoms with Gasteiger partial charge < -0.3 is 24.6 Å². The molecule has 0 saturated carbocycles. The second kappa shape index (κ2) is 16.5. The highest BCUT2D eigenvalue weighted by molar-refractivity contribution is 5.85.